The molecule has 0 spiro atoms. The first-order chi connectivity index (χ1) is 20.0. The van der Waals surface area contributed by atoms with Crippen molar-refractivity contribution in [3.8, 4) is 0 Å². The molecule has 2 aromatic heterocycles. The molecule has 220 valence electrons. The second-order valence-electron chi connectivity index (χ2n) is 11.1. The van der Waals surface area contributed by atoms with Crippen LogP contribution in [0.3, 0.4) is 0 Å². The number of anilines is 3. The van der Waals surface area contributed by atoms with Gasteiger partial charge in [0.15, 0.2) is 0 Å². The van der Waals surface area contributed by atoms with Crippen molar-refractivity contribution in [1.82, 2.24) is 9.97 Å². The van der Waals surface area contributed by atoms with E-state index in [0.29, 0.717) is 53.9 Å². The number of aliphatic carboxylic acids is 1. The molecule has 1 amide bonds. The van der Waals surface area contributed by atoms with Crippen LogP contribution in [0.2, 0.25) is 10.0 Å². The Morgan fingerprint density at radius 2 is 1.31 bits per heavy atom. The topological polar surface area (TPSA) is 98.7 Å². The number of aromatic nitrogens is 2. The van der Waals surface area contributed by atoms with Gasteiger partial charge in [0, 0.05) is 55.4 Å². The molecule has 2 N–H and O–H groups in total. The zero-order chi connectivity index (χ0) is 30.3. The minimum absolute atomic E-state index is 0.0414. The van der Waals surface area contributed by atoms with Crippen molar-refractivity contribution in [2.45, 2.75) is 39.0 Å². The van der Waals surface area contributed by atoms with E-state index in [0.717, 1.165) is 23.6 Å². The van der Waals surface area contributed by atoms with E-state index in [4.69, 9.17) is 28.3 Å². The van der Waals surface area contributed by atoms with Crippen LogP contribution in [-0.2, 0) is 15.0 Å². The van der Waals surface area contributed by atoms with Gasteiger partial charge in [0.25, 0.3) is 5.91 Å². The number of halogens is 2. The van der Waals surface area contributed by atoms with E-state index >= 15 is 0 Å². The number of benzene rings is 1. The fourth-order valence-corrected chi connectivity index (χ4v) is 5.09. The molecule has 0 fully saturated rings. The van der Waals surface area contributed by atoms with Gasteiger partial charge in [-0.1, -0.05) is 68.3 Å². The van der Waals surface area contributed by atoms with Crippen molar-refractivity contribution in [3.63, 3.8) is 0 Å². The molecular formula is C32H35Cl2N5O3. The molecule has 0 saturated heterocycles. The summed E-state index contributed by atoms with van der Waals surface area (Å²) in [6, 6.07) is 15.2. The maximum Gasteiger partial charge on any atom is 0.331 e. The normalized spacial score (nSPS) is 15.2. The van der Waals surface area contributed by atoms with Crippen molar-refractivity contribution in [2.75, 3.05) is 41.3 Å². The third-order valence-corrected chi connectivity index (χ3v) is 7.66. The van der Waals surface area contributed by atoms with Crippen molar-refractivity contribution in [2.24, 2.45) is 0 Å². The number of carbonyl (C=O) groups excluding carboxylic acids is 1. The molecule has 42 heavy (non-hydrogen) atoms. The third-order valence-electron chi connectivity index (χ3n) is 7.07. The standard InChI is InChI=1S/C21H24ClN3O.C11H11ClN2O2/c1-21(2,3)16-6-8-17(9-7-16)24-20(26)15-10-13-25(14-11-15)19-18(22)5-4-12-23-19;12-9-2-1-5-13-10(9)14-6-3-8(4-7-14)11(15)16/h4-10,12H,11,13-14H2,1-3H3,(H,24,26);1-3,5H,4,6-7H2,(H,15,16). The number of carbonyl (C=O) groups is 2. The molecule has 2 aliphatic heterocycles. The van der Waals surface area contributed by atoms with Crippen LogP contribution < -0.4 is 15.1 Å². The number of rotatable bonds is 5. The molecular weight excluding hydrogens is 573 g/mol. The maximum atomic E-state index is 12.5. The van der Waals surface area contributed by atoms with Crippen LogP contribution in [0.25, 0.3) is 0 Å². The summed E-state index contributed by atoms with van der Waals surface area (Å²) in [5, 5.41) is 13.0. The van der Waals surface area contributed by atoms with E-state index in [1.807, 2.05) is 35.2 Å². The number of carboxylic acid groups (broad SMARTS) is 1. The lowest BCUT2D eigenvalue weighted by molar-refractivity contribution is -0.132. The highest BCUT2D eigenvalue weighted by Crippen LogP contribution is 2.27. The number of carboxylic acids is 1. The van der Waals surface area contributed by atoms with Crippen LogP contribution in [0.4, 0.5) is 17.3 Å². The van der Waals surface area contributed by atoms with E-state index < -0.39 is 5.97 Å². The number of nitrogens with zero attached hydrogens (tertiary/aromatic N) is 4. The first-order valence-corrected chi connectivity index (χ1v) is 14.5. The second-order valence-corrected chi connectivity index (χ2v) is 11.9. The molecule has 8 nitrogen and oxygen atoms in total. The number of hydrogen-bond donors (Lipinski definition) is 2. The minimum atomic E-state index is -0.841. The Morgan fingerprint density at radius 1 is 0.810 bits per heavy atom. The second kappa shape index (κ2) is 13.9. The first kappa shape index (κ1) is 31.1. The molecule has 2 aliphatic rings. The number of amides is 1. The summed E-state index contributed by atoms with van der Waals surface area (Å²) in [4.78, 5) is 35.8. The third kappa shape index (κ3) is 8.11. The van der Waals surface area contributed by atoms with Crippen LogP contribution in [0.15, 0.2) is 84.2 Å². The predicted octanol–water partition coefficient (Wildman–Crippen LogP) is 6.76. The fraction of sp³-hybridized carbons (Fsp3) is 0.312. The summed E-state index contributed by atoms with van der Waals surface area (Å²) in [5.74, 6) is 0.597. The van der Waals surface area contributed by atoms with Gasteiger partial charge in [0.1, 0.15) is 11.6 Å². The van der Waals surface area contributed by atoms with Crippen LogP contribution in [0.1, 0.15) is 39.2 Å². The highest BCUT2D eigenvalue weighted by molar-refractivity contribution is 6.33. The van der Waals surface area contributed by atoms with E-state index in [1.54, 1.807) is 30.6 Å². The summed E-state index contributed by atoms with van der Waals surface area (Å²) in [5.41, 5.74) is 3.43. The number of nitrogens with one attached hydrogen (secondary N) is 1. The molecule has 1 aromatic carbocycles. The Balaban J connectivity index is 0.000000216. The van der Waals surface area contributed by atoms with Crippen molar-refractivity contribution in [3.05, 3.63) is 99.8 Å². The van der Waals surface area contributed by atoms with Gasteiger partial charge in [-0.25, -0.2) is 14.8 Å². The lowest BCUT2D eigenvalue weighted by Gasteiger charge is -2.27. The molecule has 0 bridgehead atoms. The highest BCUT2D eigenvalue weighted by Gasteiger charge is 2.21. The number of hydrogen-bond acceptors (Lipinski definition) is 6. The molecule has 0 saturated carbocycles. The van der Waals surface area contributed by atoms with Crippen LogP contribution >= 0.6 is 23.2 Å². The number of pyridine rings is 2. The van der Waals surface area contributed by atoms with Crippen molar-refractivity contribution < 1.29 is 14.7 Å². The maximum absolute atomic E-state index is 12.5. The smallest absolute Gasteiger partial charge is 0.331 e. The monoisotopic (exact) mass is 607 g/mol. The van der Waals surface area contributed by atoms with Gasteiger partial charge in [-0.15, -0.1) is 0 Å². The van der Waals surface area contributed by atoms with Gasteiger partial charge in [-0.2, -0.15) is 0 Å². The fourth-order valence-electron chi connectivity index (χ4n) is 4.61. The van der Waals surface area contributed by atoms with E-state index in [1.165, 1.54) is 5.56 Å². The van der Waals surface area contributed by atoms with E-state index in [2.05, 4.69) is 53.1 Å². The quantitative estimate of drug-likeness (QED) is 0.330. The molecule has 4 heterocycles. The molecule has 5 rings (SSSR count). The van der Waals surface area contributed by atoms with Crippen LogP contribution in [-0.4, -0.2) is 53.1 Å². The van der Waals surface area contributed by atoms with Gasteiger partial charge in [-0.3, -0.25) is 4.79 Å². The van der Waals surface area contributed by atoms with Gasteiger partial charge < -0.3 is 20.2 Å². The van der Waals surface area contributed by atoms with Gasteiger partial charge in [0.2, 0.25) is 0 Å². The highest BCUT2D eigenvalue weighted by atomic mass is 35.5. The van der Waals surface area contributed by atoms with Crippen LogP contribution in [0, 0.1) is 0 Å². The Labute approximate surface area is 256 Å². The zero-order valence-corrected chi connectivity index (χ0v) is 25.5. The van der Waals surface area contributed by atoms with Gasteiger partial charge in [0.05, 0.1) is 10.0 Å². The van der Waals surface area contributed by atoms with Gasteiger partial charge >= 0.3 is 5.97 Å². The van der Waals surface area contributed by atoms with Crippen molar-refractivity contribution >= 4 is 52.4 Å². The first-order valence-electron chi connectivity index (χ1n) is 13.8. The summed E-state index contributed by atoms with van der Waals surface area (Å²) in [6.07, 6.45) is 8.25. The molecule has 0 aliphatic carbocycles. The lowest BCUT2D eigenvalue weighted by Crippen LogP contribution is -2.32. The molecule has 0 atom stereocenters. The summed E-state index contributed by atoms with van der Waals surface area (Å²) < 4.78 is 0. The van der Waals surface area contributed by atoms with E-state index in [9.17, 15) is 9.59 Å². The largest absolute Gasteiger partial charge is 0.478 e. The average Bonchev–Trinajstić information content (AvgIpc) is 2.98. The summed E-state index contributed by atoms with van der Waals surface area (Å²) >= 11 is 12.2. The van der Waals surface area contributed by atoms with Crippen molar-refractivity contribution in [1.29, 1.82) is 0 Å². The Kier molecular flexibility index (Phi) is 10.2. The SMILES string of the molecule is CC(C)(C)c1ccc(NC(=O)C2=CCN(c3ncccc3Cl)CC2)cc1.O=C(O)C1=CCN(c2ncccc2Cl)CC1. The predicted molar refractivity (Wildman–Crippen MR) is 170 cm³/mol. The van der Waals surface area contributed by atoms with Gasteiger partial charge in [-0.05, 0) is 60.2 Å². The summed E-state index contributed by atoms with van der Waals surface area (Å²) in [7, 11) is 0. The van der Waals surface area contributed by atoms with Crippen LogP contribution in [0.5, 0.6) is 0 Å². The Morgan fingerprint density at radius 3 is 1.71 bits per heavy atom. The zero-order valence-electron chi connectivity index (χ0n) is 24.0. The minimum Gasteiger partial charge on any atom is -0.478 e. The van der Waals surface area contributed by atoms with E-state index in [-0.39, 0.29) is 11.3 Å². The molecule has 10 heteroatoms. The Hall–Kier alpha value is -3.88. The average molecular weight is 609 g/mol. The molecule has 0 radical (unpaired) electrons. The Bertz CT molecular complexity index is 1480. The summed E-state index contributed by atoms with van der Waals surface area (Å²) in [6.45, 7) is 9.04. The molecule has 0 unspecified atom stereocenters. The lowest BCUT2D eigenvalue weighted by atomic mass is 9.87. The molecule has 3 aromatic rings.